The fraction of sp³-hybridized carbons (Fsp3) is 0.300. The zero-order valence-corrected chi connectivity index (χ0v) is 15.3. The van der Waals surface area contributed by atoms with Gasteiger partial charge in [0.05, 0.1) is 18.1 Å². The Bertz CT molecular complexity index is 1010. The van der Waals surface area contributed by atoms with Crippen LogP contribution in [0.15, 0.2) is 42.7 Å². The summed E-state index contributed by atoms with van der Waals surface area (Å²) in [5.41, 5.74) is 2.78. The Kier molecular flexibility index (Phi) is 4.35. The topological polar surface area (TPSA) is 80.1 Å². The minimum absolute atomic E-state index is 0.133. The van der Waals surface area contributed by atoms with Crippen LogP contribution in [0.25, 0.3) is 11.0 Å². The second kappa shape index (κ2) is 6.83. The van der Waals surface area contributed by atoms with Crippen LogP contribution in [-0.4, -0.2) is 33.1 Å². The van der Waals surface area contributed by atoms with E-state index in [1.165, 1.54) is 0 Å². The lowest BCUT2D eigenvalue weighted by molar-refractivity contribution is -0.117. The minimum Gasteiger partial charge on any atom is -0.321 e. The number of hydrogen-bond acceptors (Lipinski definition) is 4. The lowest BCUT2D eigenvalue weighted by atomic mass is 10.2. The van der Waals surface area contributed by atoms with E-state index in [1.54, 1.807) is 29.4 Å². The Morgan fingerprint density at radius 2 is 1.96 bits per heavy atom. The van der Waals surface area contributed by atoms with E-state index < -0.39 is 0 Å². The number of carbonyl (C=O) groups excluding carboxylic acids is 2. The molecule has 0 spiro atoms. The SMILES string of the molecule is CC(C)n1ncc2cc(NC(=O)c3ccc(N4CCCC4=O)cc3)cnc21. The van der Waals surface area contributed by atoms with Gasteiger partial charge in [-0.05, 0) is 50.6 Å². The summed E-state index contributed by atoms with van der Waals surface area (Å²) >= 11 is 0. The molecule has 0 saturated carbocycles. The molecular formula is C20H21N5O2. The van der Waals surface area contributed by atoms with Crippen molar-refractivity contribution in [1.29, 1.82) is 0 Å². The molecule has 7 nitrogen and oxygen atoms in total. The molecule has 1 saturated heterocycles. The van der Waals surface area contributed by atoms with Gasteiger partial charge in [-0.1, -0.05) is 0 Å². The van der Waals surface area contributed by atoms with Gasteiger partial charge in [-0.3, -0.25) is 9.59 Å². The Labute approximate surface area is 157 Å². The third-order valence-electron chi connectivity index (χ3n) is 4.69. The number of nitrogens with one attached hydrogen (secondary N) is 1. The van der Waals surface area contributed by atoms with E-state index in [2.05, 4.69) is 15.4 Å². The smallest absolute Gasteiger partial charge is 0.255 e. The summed E-state index contributed by atoms with van der Waals surface area (Å²) in [6, 6.07) is 9.18. The van der Waals surface area contributed by atoms with Crippen LogP contribution in [0.3, 0.4) is 0 Å². The molecule has 1 N–H and O–H groups in total. The number of anilines is 2. The lowest BCUT2D eigenvalue weighted by Gasteiger charge is -2.15. The van der Waals surface area contributed by atoms with Crippen molar-refractivity contribution >= 4 is 34.2 Å². The molecule has 1 aromatic carbocycles. The van der Waals surface area contributed by atoms with Crippen LogP contribution in [0.5, 0.6) is 0 Å². The van der Waals surface area contributed by atoms with Crippen molar-refractivity contribution in [1.82, 2.24) is 14.8 Å². The van der Waals surface area contributed by atoms with Crippen molar-refractivity contribution in [3.8, 4) is 0 Å². The van der Waals surface area contributed by atoms with Gasteiger partial charge in [0.2, 0.25) is 5.91 Å². The Hall–Kier alpha value is -3.22. The maximum absolute atomic E-state index is 12.5. The summed E-state index contributed by atoms with van der Waals surface area (Å²) in [6.45, 7) is 4.83. The predicted molar refractivity (Wildman–Crippen MR) is 104 cm³/mol. The van der Waals surface area contributed by atoms with Crippen molar-refractivity contribution in [3.05, 3.63) is 48.3 Å². The molecule has 0 aliphatic carbocycles. The average Bonchev–Trinajstić information content (AvgIpc) is 3.27. The summed E-state index contributed by atoms with van der Waals surface area (Å²) in [5.74, 6) is -0.0831. The third-order valence-corrected chi connectivity index (χ3v) is 4.69. The molecular weight excluding hydrogens is 342 g/mol. The average molecular weight is 363 g/mol. The van der Waals surface area contributed by atoms with E-state index in [0.717, 1.165) is 29.7 Å². The molecule has 1 fully saturated rings. The number of fused-ring (bicyclic) bond motifs is 1. The number of pyridine rings is 1. The number of nitrogens with zero attached hydrogens (tertiary/aromatic N) is 4. The number of benzene rings is 1. The molecule has 1 aliphatic rings. The van der Waals surface area contributed by atoms with E-state index in [1.807, 2.05) is 36.7 Å². The van der Waals surface area contributed by atoms with Crippen LogP contribution < -0.4 is 10.2 Å². The van der Waals surface area contributed by atoms with Crippen LogP contribution in [-0.2, 0) is 4.79 Å². The van der Waals surface area contributed by atoms with Gasteiger partial charge in [-0.25, -0.2) is 9.67 Å². The summed E-state index contributed by atoms with van der Waals surface area (Å²) in [6.07, 6.45) is 4.85. The molecule has 0 atom stereocenters. The Morgan fingerprint density at radius 3 is 2.63 bits per heavy atom. The van der Waals surface area contributed by atoms with Crippen LogP contribution in [0.4, 0.5) is 11.4 Å². The second-order valence-electron chi connectivity index (χ2n) is 6.97. The molecule has 2 amide bonds. The van der Waals surface area contributed by atoms with Gasteiger partial charge >= 0.3 is 0 Å². The van der Waals surface area contributed by atoms with Gasteiger partial charge < -0.3 is 10.2 Å². The van der Waals surface area contributed by atoms with E-state index >= 15 is 0 Å². The summed E-state index contributed by atoms with van der Waals surface area (Å²) in [5, 5.41) is 8.08. The summed E-state index contributed by atoms with van der Waals surface area (Å²) < 4.78 is 1.85. The van der Waals surface area contributed by atoms with E-state index in [4.69, 9.17) is 0 Å². The first kappa shape index (κ1) is 17.2. The third kappa shape index (κ3) is 3.28. The first-order chi connectivity index (χ1) is 13.0. The first-order valence-electron chi connectivity index (χ1n) is 9.08. The zero-order chi connectivity index (χ0) is 19.0. The van der Waals surface area contributed by atoms with Crippen LogP contribution in [0, 0.1) is 0 Å². The fourth-order valence-corrected chi connectivity index (χ4v) is 3.30. The molecule has 138 valence electrons. The van der Waals surface area contributed by atoms with Crippen LogP contribution in [0.2, 0.25) is 0 Å². The number of amides is 2. The van der Waals surface area contributed by atoms with Crippen LogP contribution >= 0.6 is 0 Å². The van der Waals surface area contributed by atoms with Crippen molar-refractivity contribution in [2.45, 2.75) is 32.7 Å². The summed E-state index contributed by atoms with van der Waals surface area (Å²) in [7, 11) is 0. The molecule has 3 heterocycles. The highest BCUT2D eigenvalue weighted by Crippen LogP contribution is 2.23. The molecule has 0 bridgehead atoms. The second-order valence-corrected chi connectivity index (χ2v) is 6.97. The maximum atomic E-state index is 12.5. The molecule has 7 heteroatoms. The molecule has 1 aliphatic heterocycles. The molecule has 2 aromatic heterocycles. The highest BCUT2D eigenvalue weighted by molar-refractivity contribution is 6.05. The highest BCUT2D eigenvalue weighted by Gasteiger charge is 2.21. The van der Waals surface area contributed by atoms with Gasteiger partial charge in [-0.2, -0.15) is 5.10 Å². The number of aromatic nitrogens is 3. The molecule has 0 unspecified atom stereocenters. The normalized spacial score (nSPS) is 14.3. The van der Waals surface area contributed by atoms with E-state index in [0.29, 0.717) is 17.7 Å². The van der Waals surface area contributed by atoms with Gasteiger partial charge in [-0.15, -0.1) is 0 Å². The monoisotopic (exact) mass is 363 g/mol. The maximum Gasteiger partial charge on any atom is 0.255 e. The molecule has 3 aromatic rings. The molecule has 4 rings (SSSR count). The lowest BCUT2D eigenvalue weighted by Crippen LogP contribution is -2.23. The van der Waals surface area contributed by atoms with Gasteiger partial charge in [0.25, 0.3) is 5.91 Å². The number of hydrogen-bond donors (Lipinski definition) is 1. The van der Waals surface area contributed by atoms with Crippen molar-refractivity contribution in [2.24, 2.45) is 0 Å². The standard InChI is InChI=1S/C20H21N5O2/c1-13(2)25-19-15(11-22-25)10-16(12-21-19)23-20(27)14-5-7-17(8-6-14)24-9-3-4-18(24)26/h5-8,10-13H,3-4,9H2,1-2H3,(H,23,27). The van der Waals surface area contributed by atoms with Gasteiger partial charge in [0, 0.05) is 35.6 Å². The number of carbonyl (C=O) groups is 2. The van der Waals surface area contributed by atoms with Crippen LogP contribution in [0.1, 0.15) is 43.1 Å². The predicted octanol–water partition coefficient (Wildman–Crippen LogP) is 3.39. The highest BCUT2D eigenvalue weighted by atomic mass is 16.2. The quantitative estimate of drug-likeness (QED) is 0.770. The summed E-state index contributed by atoms with van der Waals surface area (Å²) in [4.78, 5) is 30.5. The van der Waals surface area contributed by atoms with Crippen molar-refractivity contribution < 1.29 is 9.59 Å². The van der Waals surface area contributed by atoms with E-state index in [9.17, 15) is 9.59 Å². The van der Waals surface area contributed by atoms with Gasteiger partial charge in [0.1, 0.15) is 0 Å². The van der Waals surface area contributed by atoms with Gasteiger partial charge in [0.15, 0.2) is 5.65 Å². The largest absolute Gasteiger partial charge is 0.321 e. The Morgan fingerprint density at radius 1 is 1.19 bits per heavy atom. The minimum atomic E-state index is -0.216. The van der Waals surface area contributed by atoms with E-state index in [-0.39, 0.29) is 17.9 Å². The fourth-order valence-electron chi connectivity index (χ4n) is 3.30. The van der Waals surface area contributed by atoms with Crippen molar-refractivity contribution in [3.63, 3.8) is 0 Å². The molecule has 0 radical (unpaired) electrons. The Balaban J connectivity index is 1.50. The number of rotatable bonds is 4. The van der Waals surface area contributed by atoms with Crippen molar-refractivity contribution in [2.75, 3.05) is 16.8 Å². The molecule has 27 heavy (non-hydrogen) atoms. The first-order valence-corrected chi connectivity index (χ1v) is 9.08. The zero-order valence-electron chi connectivity index (χ0n) is 15.3.